The van der Waals surface area contributed by atoms with Gasteiger partial charge < -0.3 is 10.6 Å². The van der Waals surface area contributed by atoms with Crippen molar-refractivity contribution in [3.63, 3.8) is 0 Å². The molecule has 1 aliphatic rings. The molecule has 0 unspecified atom stereocenters. The molecule has 0 atom stereocenters. The van der Waals surface area contributed by atoms with E-state index in [-0.39, 0.29) is 5.91 Å². The third-order valence-corrected chi connectivity index (χ3v) is 4.63. The van der Waals surface area contributed by atoms with Crippen molar-refractivity contribution in [1.29, 1.82) is 0 Å². The van der Waals surface area contributed by atoms with Crippen LogP contribution in [0.5, 0.6) is 0 Å². The van der Waals surface area contributed by atoms with E-state index in [1.807, 2.05) is 18.2 Å². The predicted octanol–water partition coefficient (Wildman–Crippen LogP) is 4.08. The van der Waals surface area contributed by atoms with Gasteiger partial charge in [-0.05, 0) is 36.9 Å². The smallest absolute Gasteiger partial charge is 0.238 e. The second kappa shape index (κ2) is 8.40. The fraction of sp³-hybridized carbons (Fsp3) is 0.588. The fourth-order valence-electron chi connectivity index (χ4n) is 2.88. The Morgan fingerprint density at radius 3 is 2.67 bits per heavy atom. The average Bonchev–Trinajstić information content (AvgIpc) is 2.48. The molecule has 1 fully saturated rings. The van der Waals surface area contributed by atoms with E-state index in [0.29, 0.717) is 17.3 Å². The minimum Gasteiger partial charge on any atom is -0.324 e. The van der Waals surface area contributed by atoms with Gasteiger partial charge >= 0.3 is 0 Å². The lowest BCUT2D eigenvalue weighted by atomic mass is 9.81. The SMILES string of the molecule is CC1CCC(CCNCC(=O)Nc2ccccc2Cl)CC1. The van der Waals surface area contributed by atoms with Crippen LogP contribution < -0.4 is 10.6 Å². The van der Waals surface area contributed by atoms with Crippen LogP contribution in [0.3, 0.4) is 0 Å². The number of anilines is 1. The molecule has 1 aliphatic carbocycles. The molecule has 1 amide bonds. The van der Waals surface area contributed by atoms with Crippen molar-refractivity contribution in [2.75, 3.05) is 18.4 Å². The van der Waals surface area contributed by atoms with E-state index < -0.39 is 0 Å². The molecule has 2 rings (SSSR count). The lowest BCUT2D eigenvalue weighted by Crippen LogP contribution is -2.30. The summed E-state index contributed by atoms with van der Waals surface area (Å²) in [5.74, 6) is 1.69. The van der Waals surface area contributed by atoms with Gasteiger partial charge in [0.05, 0.1) is 17.3 Å². The van der Waals surface area contributed by atoms with Crippen LogP contribution in [0.15, 0.2) is 24.3 Å². The van der Waals surface area contributed by atoms with E-state index in [0.717, 1.165) is 18.4 Å². The molecule has 0 saturated heterocycles. The van der Waals surface area contributed by atoms with Crippen LogP contribution in [0.4, 0.5) is 5.69 Å². The van der Waals surface area contributed by atoms with Crippen molar-refractivity contribution in [3.8, 4) is 0 Å². The summed E-state index contributed by atoms with van der Waals surface area (Å²) < 4.78 is 0. The molecule has 0 spiro atoms. The van der Waals surface area contributed by atoms with Crippen molar-refractivity contribution >= 4 is 23.2 Å². The van der Waals surface area contributed by atoms with Crippen LogP contribution in [-0.2, 0) is 4.79 Å². The molecule has 2 N–H and O–H groups in total. The minimum atomic E-state index is -0.0413. The van der Waals surface area contributed by atoms with Crippen LogP contribution in [0.2, 0.25) is 5.02 Å². The molecule has 116 valence electrons. The molecular weight excluding hydrogens is 284 g/mol. The van der Waals surface area contributed by atoms with Crippen molar-refractivity contribution < 1.29 is 4.79 Å². The zero-order valence-corrected chi connectivity index (χ0v) is 13.5. The molecular formula is C17H25ClN2O. The van der Waals surface area contributed by atoms with E-state index in [9.17, 15) is 4.79 Å². The van der Waals surface area contributed by atoms with Gasteiger partial charge in [0.25, 0.3) is 0 Å². The van der Waals surface area contributed by atoms with E-state index in [2.05, 4.69) is 17.6 Å². The highest BCUT2D eigenvalue weighted by molar-refractivity contribution is 6.33. The molecule has 0 bridgehead atoms. The maximum absolute atomic E-state index is 11.8. The van der Waals surface area contributed by atoms with Gasteiger partial charge in [0.1, 0.15) is 0 Å². The highest BCUT2D eigenvalue weighted by atomic mass is 35.5. The summed E-state index contributed by atoms with van der Waals surface area (Å²) in [4.78, 5) is 11.8. The Morgan fingerprint density at radius 2 is 1.95 bits per heavy atom. The van der Waals surface area contributed by atoms with E-state index in [1.54, 1.807) is 6.07 Å². The number of amides is 1. The summed E-state index contributed by atoms with van der Waals surface area (Å²) in [5.41, 5.74) is 0.673. The van der Waals surface area contributed by atoms with Crippen LogP contribution in [0, 0.1) is 11.8 Å². The van der Waals surface area contributed by atoms with Gasteiger partial charge in [-0.1, -0.05) is 56.3 Å². The number of halogens is 1. The molecule has 21 heavy (non-hydrogen) atoms. The van der Waals surface area contributed by atoms with E-state index in [1.165, 1.54) is 32.1 Å². The zero-order chi connectivity index (χ0) is 15.1. The number of nitrogens with one attached hydrogen (secondary N) is 2. The number of hydrogen-bond donors (Lipinski definition) is 2. The molecule has 1 saturated carbocycles. The number of para-hydroxylation sites is 1. The Balaban J connectivity index is 1.60. The molecule has 3 nitrogen and oxygen atoms in total. The highest BCUT2D eigenvalue weighted by Gasteiger charge is 2.17. The topological polar surface area (TPSA) is 41.1 Å². The predicted molar refractivity (Wildman–Crippen MR) is 88.7 cm³/mol. The summed E-state index contributed by atoms with van der Waals surface area (Å²) in [6.07, 6.45) is 6.57. The third kappa shape index (κ3) is 5.68. The Kier molecular flexibility index (Phi) is 6.52. The van der Waals surface area contributed by atoms with Crippen LogP contribution in [0.25, 0.3) is 0 Å². The highest BCUT2D eigenvalue weighted by Crippen LogP contribution is 2.29. The maximum Gasteiger partial charge on any atom is 0.238 e. The number of carbonyl (C=O) groups is 1. The van der Waals surface area contributed by atoms with Crippen molar-refractivity contribution in [1.82, 2.24) is 5.32 Å². The van der Waals surface area contributed by atoms with E-state index in [4.69, 9.17) is 11.6 Å². The van der Waals surface area contributed by atoms with Gasteiger partial charge in [-0.2, -0.15) is 0 Å². The summed E-state index contributed by atoms with van der Waals surface area (Å²) in [6, 6.07) is 7.29. The van der Waals surface area contributed by atoms with Gasteiger partial charge in [-0.15, -0.1) is 0 Å². The molecule has 1 aromatic carbocycles. The summed E-state index contributed by atoms with van der Waals surface area (Å²) >= 11 is 6.01. The van der Waals surface area contributed by atoms with Crippen molar-refractivity contribution in [2.24, 2.45) is 11.8 Å². The number of carbonyl (C=O) groups excluding carboxylic acids is 1. The van der Waals surface area contributed by atoms with Crippen molar-refractivity contribution in [3.05, 3.63) is 29.3 Å². The summed E-state index contributed by atoms with van der Waals surface area (Å²) in [6.45, 7) is 3.59. The minimum absolute atomic E-state index is 0.0413. The summed E-state index contributed by atoms with van der Waals surface area (Å²) in [7, 11) is 0. The Morgan fingerprint density at radius 1 is 1.24 bits per heavy atom. The molecule has 0 aromatic heterocycles. The largest absolute Gasteiger partial charge is 0.324 e. The quantitative estimate of drug-likeness (QED) is 0.777. The van der Waals surface area contributed by atoms with Crippen LogP contribution in [-0.4, -0.2) is 19.0 Å². The lowest BCUT2D eigenvalue weighted by molar-refractivity contribution is -0.115. The molecule has 0 radical (unpaired) electrons. The first-order valence-electron chi connectivity index (χ1n) is 7.90. The first kappa shape index (κ1) is 16.3. The third-order valence-electron chi connectivity index (χ3n) is 4.30. The Labute approximate surface area is 132 Å². The zero-order valence-electron chi connectivity index (χ0n) is 12.7. The number of rotatable bonds is 6. The van der Waals surface area contributed by atoms with Crippen LogP contribution in [0.1, 0.15) is 39.0 Å². The number of benzene rings is 1. The number of hydrogen-bond acceptors (Lipinski definition) is 2. The Hall–Kier alpha value is -1.06. The van der Waals surface area contributed by atoms with Gasteiger partial charge in [-0.3, -0.25) is 4.79 Å². The molecule has 4 heteroatoms. The Bertz CT molecular complexity index is 456. The fourth-order valence-corrected chi connectivity index (χ4v) is 3.07. The normalized spacial score (nSPS) is 22.0. The second-order valence-corrected chi connectivity index (χ2v) is 6.53. The van der Waals surface area contributed by atoms with Gasteiger partial charge in [-0.25, -0.2) is 0 Å². The van der Waals surface area contributed by atoms with Gasteiger partial charge in [0.2, 0.25) is 5.91 Å². The van der Waals surface area contributed by atoms with Crippen LogP contribution >= 0.6 is 11.6 Å². The van der Waals surface area contributed by atoms with Crippen molar-refractivity contribution in [2.45, 2.75) is 39.0 Å². The average molecular weight is 309 g/mol. The first-order chi connectivity index (χ1) is 10.1. The van der Waals surface area contributed by atoms with E-state index >= 15 is 0 Å². The monoisotopic (exact) mass is 308 g/mol. The molecule has 0 heterocycles. The second-order valence-electron chi connectivity index (χ2n) is 6.12. The standard InChI is InChI=1S/C17H25ClN2O/c1-13-6-8-14(9-7-13)10-11-19-12-17(21)20-16-5-3-2-4-15(16)18/h2-5,13-14,19H,6-12H2,1H3,(H,20,21). The maximum atomic E-state index is 11.8. The molecule has 1 aromatic rings. The van der Waals surface area contributed by atoms with Gasteiger partial charge in [0.15, 0.2) is 0 Å². The summed E-state index contributed by atoms with van der Waals surface area (Å²) in [5, 5.41) is 6.62. The lowest BCUT2D eigenvalue weighted by Gasteiger charge is -2.26. The van der Waals surface area contributed by atoms with Gasteiger partial charge in [0, 0.05) is 0 Å². The first-order valence-corrected chi connectivity index (χ1v) is 8.28. The molecule has 0 aliphatic heterocycles.